The number of halogens is 3. The maximum Gasteiger partial charge on any atom is 0.414 e. The molecule has 0 atom stereocenters. The van der Waals surface area contributed by atoms with E-state index in [9.17, 15) is 18.0 Å². The van der Waals surface area contributed by atoms with Crippen molar-refractivity contribution < 1.29 is 22.8 Å². The summed E-state index contributed by atoms with van der Waals surface area (Å²) in [6, 6.07) is 0. The van der Waals surface area contributed by atoms with E-state index in [1.807, 2.05) is 20.8 Å². The van der Waals surface area contributed by atoms with Crippen LogP contribution in [-0.2, 0) is 9.63 Å². The van der Waals surface area contributed by atoms with Gasteiger partial charge in [0.1, 0.15) is 0 Å². The number of rotatable bonds is 5. The van der Waals surface area contributed by atoms with Gasteiger partial charge in [0, 0.05) is 18.5 Å². The van der Waals surface area contributed by atoms with E-state index in [1.165, 1.54) is 0 Å². The van der Waals surface area contributed by atoms with Crippen LogP contribution in [-0.4, -0.2) is 30.8 Å². The SMILES string of the molecule is CC(C)(C)NCCC(=O)NOCC(F)(F)F. The zero-order chi connectivity index (χ0) is 12.8. The molecule has 0 saturated carbocycles. The minimum atomic E-state index is -4.43. The van der Waals surface area contributed by atoms with E-state index < -0.39 is 18.7 Å². The zero-order valence-corrected chi connectivity index (χ0v) is 9.57. The number of hydrogen-bond donors (Lipinski definition) is 2. The summed E-state index contributed by atoms with van der Waals surface area (Å²) in [5, 5.41) is 3.02. The van der Waals surface area contributed by atoms with E-state index in [1.54, 1.807) is 5.48 Å². The Morgan fingerprint density at radius 3 is 2.25 bits per heavy atom. The lowest BCUT2D eigenvalue weighted by atomic mass is 10.1. The van der Waals surface area contributed by atoms with Gasteiger partial charge in [-0.3, -0.25) is 9.63 Å². The number of nitrogens with one attached hydrogen (secondary N) is 2. The second-order valence-corrected chi connectivity index (χ2v) is 4.36. The van der Waals surface area contributed by atoms with Gasteiger partial charge in [-0.15, -0.1) is 0 Å². The topological polar surface area (TPSA) is 50.4 Å². The molecule has 0 aromatic rings. The number of carbonyl (C=O) groups is 1. The van der Waals surface area contributed by atoms with Gasteiger partial charge in [-0.2, -0.15) is 13.2 Å². The molecule has 0 unspecified atom stereocenters. The molecular formula is C9H17F3N2O2. The summed E-state index contributed by atoms with van der Waals surface area (Å²) in [6.45, 7) is 4.66. The quantitative estimate of drug-likeness (QED) is 0.716. The molecule has 1 amide bonds. The summed E-state index contributed by atoms with van der Waals surface area (Å²) in [5.41, 5.74) is 1.59. The molecule has 0 aliphatic rings. The number of alkyl halides is 3. The van der Waals surface area contributed by atoms with E-state index in [-0.39, 0.29) is 12.0 Å². The van der Waals surface area contributed by atoms with Crippen molar-refractivity contribution in [3.8, 4) is 0 Å². The smallest absolute Gasteiger partial charge is 0.312 e. The third-order valence-corrected chi connectivity index (χ3v) is 1.43. The Labute approximate surface area is 92.5 Å². The van der Waals surface area contributed by atoms with Gasteiger partial charge in [0.05, 0.1) is 0 Å². The highest BCUT2D eigenvalue weighted by Gasteiger charge is 2.28. The first kappa shape index (κ1) is 15.2. The highest BCUT2D eigenvalue weighted by Crippen LogP contribution is 2.13. The maximum absolute atomic E-state index is 11.6. The molecule has 0 aliphatic carbocycles. The van der Waals surface area contributed by atoms with Gasteiger partial charge in [0.25, 0.3) is 0 Å². The second kappa shape index (κ2) is 6.05. The monoisotopic (exact) mass is 242 g/mol. The average Bonchev–Trinajstić information content (AvgIpc) is 1.98. The molecule has 0 spiro atoms. The number of hydroxylamine groups is 1. The normalized spacial score (nSPS) is 12.6. The molecule has 2 N–H and O–H groups in total. The van der Waals surface area contributed by atoms with Gasteiger partial charge < -0.3 is 5.32 Å². The summed E-state index contributed by atoms with van der Waals surface area (Å²) in [5.74, 6) is -0.582. The number of hydrogen-bond acceptors (Lipinski definition) is 3. The Morgan fingerprint density at radius 1 is 1.25 bits per heavy atom. The second-order valence-electron chi connectivity index (χ2n) is 4.36. The molecule has 0 radical (unpaired) electrons. The van der Waals surface area contributed by atoms with E-state index in [0.29, 0.717) is 6.54 Å². The van der Waals surface area contributed by atoms with Crippen LogP contribution in [0.5, 0.6) is 0 Å². The first-order valence-electron chi connectivity index (χ1n) is 4.82. The van der Waals surface area contributed by atoms with Crippen LogP contribution in [0.1, 0.15) is 27.2 Å². The number of carbonyl (C=O) groups excluding carboxylic acids is 1. The minimum Gasteiger partial charge on any atom is -0.312 e. The van der Waals surface area contributed by atoms with E-state index in [4.69, 9.17) is 0 Å². The standard InChI is InChI=1S/C9H17F3N2O2/c1-8(2,3)13-5-4-7(15)14-16-6-9(10,11)12/h13H,4-6H2,1-3H3,(H,14,15). The van der Waals surface area contributed by atoms with E-state index in [0.717, 1.165) is 0 Å². The molecule has 16 heavy (non-hydrogen) atoms. The first-order chi connectivity index (χ1) is 7.10. The fourth-order valence-electron chi connectivity index (χ4n) is 0.800. The summed E-state index contributed by atoms with van der Waals surface area (Å²) in [7, 11) is 0. The van der Waals surface area contributed by atoms with Crippen LogP contribution in [0.3, 0.4) is 0 Å². The molecular weight excluding hydrogens is 225 g/mol. The van der Waals surface area contributed by atoms with Gasteiger partial charge >= 0.3 is 6.18 Å². The lowest BCUT2D eigenvalue weighted by molar-refractivity contribution is -0.191. The van der Waals surface area contributed by atoms with Crippen LogP contribution in [0, 0.1) is 0 Å². The number of amides is 1. The molecule has 0 rings (SSSR count). The Bertz CT molecular complexity index is 202. The largest absolute Gasteiger partial charge is 0.414 e. The van der Waals surface area contributed by atoms with Crippen LogP contribution >= 0.6 is 0 Å². The lowest BCUT2D eigenvalue weighted by Gasteiger charge is -2.20. The van der Waals surface area contributed by atoms with Crippen molar-refractivity contribution >= 4 is 5.91 Å². The van der Waals surface area contributed by atoms with Crippen LogP contribution in [0.2, 0.25) is 0 Å². The maximum atomic E-state index is 11.6. The molecule has 0 saturated heterocycles. The summed E-state index contributed by atoms with van der Waals surface area (Å²) in [6.07, 6.45) is -4.37. The molecule has 0 bridgehead atoms. The van der Waals surface area contributed by atoms with Crippen LogP contribution in [0.4, 0.5) is 13.2 Å². The van der Waals surface area contributed by atoms with Crippen molar-refractivity contribution in [3.63, 3.8) is 0 Å². The lowest BCUT2D eigenvalue weighted by Crippen LogP contribution is -2.39. The van der Waals surface area contributed by atoms with Crippen LogP contribution in [0.15, 0.2) is 0 Å². The molecule has 0 aromatic carbocycles. The Kier molecular flexibility index (Phi) is 5.74. The van der Waals surface area contributed by atoms with Gasteiger partial charge in [0.2, 0.25) is 5.91 Å². The molecule has 4 nitrogen and oxygen atoms in total. The molecule has 0 heterocycles. The highest BCUT2D eigenvalue weighted by atomic mass is 19.4. The van der Waals surface area contributed by atoms with Crippen molar-refractivity contribution in [1.82, 2.24) is 10.8 Å². The van der Waals surface area contributed by atoms with Crippen molar-refractivity contribution in [2.45, 2.75) is 38.9 Å². The Balaban J connectivity index is 3.53. The fraction of sp³-hybridized carbons (Fsp3) is 0.889. The van der Waals surface area contributed by atoms with Crippen molar-refractivity contribution in [3.05, 3.63) is 0 Å². The highest BCUT2D eigenvalue weighted by molar-refractivity contribution is 5.74. The van der Waals surface area contributed by atoms with Gasteiger partial charge in [-0.25, -0.2) is 5.48 Å². The third kappa shape index (κ3) is 11.3. The predicted octanol–water partition coefficient (Wildman–Crippen LogP) is 1.37. The van der Waals surface area contributed by atoms with Crippen molar-refractivity contribution in [2.75, 3.05) is 13.2 Å². The molecule has 96 valence electrons. The van der Waals surface area contributed by atoms with E-state index in [2.05, 4.69) is 10.2 Å². The van der Waals surface area contributed by atoms with Gasteiger partial charge in [0.15, 0.2) is 6.61 Å². The Morgan fingerprint density at radius 2 is 1.81 bits per heavy atom. The van der Waals surface area contributed by atoms with Gasteiger partial charge in [-0.05, 0) is 20.8 Å². The molecule has 0 aliphatic heterocycles. The van der Waals surface area contributed by atoms with Crippen molar-refractivity contribution in [2.24, 2.45) is 0 Å². The zero-order valence-electron chi connectivity index (χ0n) is 9.57. The molecule has 7 heteroatoms. The third-order valence-electron chi connectivity index (χ3n) is 1.43. The summed E-state index contributed by atoms with van der Waals surface area (Å²) >= 11 is 0. The summed E-state index contributed by atoms with van der Waals surface area (Å²) < 4.78 is 34.9. The van der Waals surface area contributed by atoms with Crippen LogP contribution < -0.4 is 10.8 Å². The molecule has 0 aromatic heterocycles. The first-order valence-corrected chi connectivity index (χ1v) is 4.82. The van der Waals surface area contributed by atoms with E-state index >= 15 is 0 Å². The molecule has 0 fully saturated rings. The summed E-state index contributed by atoms with van der Waals surface area (Å²) in [4.78, 5) is 15.0. The fourth-order valence-corrected chi connectivity index (χ4v) is 0.800. The predicted molar refractivity (Wildman–Crippen MR) is 52.5 cm³/mol. The average molecular weight is 242 g/mol. The minimum absolute atomic E-state index is 0.0646. The van der Waals surface area contributed by atoms with Gasteiger partial charge in [-0.1, -0.05) is 0 Å². The Hall–Kier alpha value is -0.820. The van der Waals surface area contributed by atoms with Crippen molar-refractivity contribution in [1.29, 1.82) is 0 Å². The van der Waals surface area contributed by atoms with Crippen LogP contribution in [0.25, 0.3) is 0 Å².